The number of morpholine rings is 1. The minimum atomic E-state index is -0.909. The minimum Gasteiger partial charge on any atom is -0.481 e. The van der Waals surface area contributed by atoms with Crippen molar-refractivity contribution < 1.29 is 24.2 Å². The molecule has 110 valence electrons. The molecule has 0 aromatic heterocycles. The summed E-state index contributed by atoms with van der Waals surface area (Å²) in [6.45, 7) is 2.45. The van der Waals surface area contributed by atoms with Crippen LogP contribution in [0, 0.1) is 0 Å². The van der Waals surface area contributed by atoms with Crippen LogP contribution in [0.5, 0.6) is 0 Å². The highest BCUT2D eigenvalue weighted by molar-refractivity contribution is 5.74. The van der Waals surface area contributed by atoms with Gasteiger partial charge in [-0.05, 0) is 6.42 Å². The van der Waals surface area contributed by atoms with Crippen molar-refractivity contribution in [2.45, 2.75) is 18.9 Å². The van der Waals surface area contributed by atoms with Gasteiger partial charge in [0.05, 0.1) is 19.1 Å². The van der Waals surface area contributed by atoms with Crippen LogP contribution in [0.15, 0.2) is 0 Å². The van der Waals surface area contributed by atoms with Crippen LogP contribution >= 0.6 is 0 Å². The Bertz CT molecular complexity index is 310. The average Bonchev–Trinajstić information content (AvgIpc) is 2.37. The second kappa shape index (κ2) is 7.96. The minimum absolute atomic E-state index is 0.0723. The molecule has 1 saturated heterocycles. The van der Waals surface area contributed by atoms with Crippen LogP contribution in [0.1, 0.15) is 12.8 Å². The van der Waals surface area contributed by atoms with E-state index in [4.69, 9.17) is 14.6 Å². The molecule has 1 unspecified atom stereocenters. The summed E-state index contributed by atoms with van der Waals surface area (Å²) in [6.07, 6.45) is 0.293. The lowest BCUT2D eigenvalue weighted by Crippen LogP contribution is -2.50. The second-order valence-electron chi connectivity index (χ2n) is 4.59. The zero-order chi connectivity index (χ0) is 14.3. The van der Waals surface area contributed by atoms with Gasteiger partial charge < -0.3 is 24.4 Å². The number of carboxylic acid groups (broad SMARTS) is 1. The second-order valence-corrected chi connectivity index (χ2v) is 4.59. The summed E-state index contributed by atoms with van der Waals surface area (Å²) in [5, 5.41) is 8.74. The lowest BCUT2D eigenvalue weighted by molar-refractivity contribution is -0.141. The summed E-state index contributed by atoms with van der Waals surface area (Å²) in [4.78, 5) is 26.0. The summed E-state index contributed by atoms with van der Waals surface area (Å²) in [5.74, 6) is -0.909. The van der Waals surface area contributed by atoms with Gasteiger partial charge in [-0.1, -0.05) is 0 Å². The highest BCUT2D eigenvalue weighted by Crippen LogP contribution is 2.10. The molecule has 1 aliphatic heterocycles. The monoisotopic (exact) mass is 274 g/mol. The highest BCUT2D eigenvalue weighted by Gasteiger charge is 2.27. The Labute approximate surface area is 113 Å². The molecule has 1 heterocycles. The fourth-order valence-corrected chi connectivity index (χ4v) is 1.99. The molecule has 19 heavy (non-hydrogen) atoms. The van der Waals surface area contributed by atoms with E-state index in [1.165, 1.54) is 0 Å². The van der Waals surface area contributed by atoms with Gasteiger partial charge in [0.2, 0.25) is 0 Å². The van der Waals surface area contributed by atoms with Crippen LogP contribution in [0.25, 0.3) is 0 Å². The van der Waals surface area contributed by atoms with E-state index in [1.807, 2.05) is 0 Å². The first-order valence-electron chi connectivity index (χ1n) is 6.37. The molecule has 2 amide bonds. The van der Waals surface area contributed by atoms with Gasteiger partial charge in [0, 0.05) is 40.4 Å². The molecule has 1 N–H and O–H groups in total. The standard InChI is InChI=1S/C12H22N2O5/c1-13(4-3-6-18-2)12(17)14-5-7-19-10(9-14)8-11(15)16/h10H,3-9H2,1-2H3,(H,15,16). The number of aliphatic carboxylic acids is 1. The van der Waals surface area contributed by atoms with E-state index in [0.717, 1.165) is 6.42 Å². The average molecular weight is 274 g/mol. The van der Waals surface area contributed by atoms with Crippen LogP contribution in [-0.4, -0.2) is 80.0 Å². The largest absolute Gasteiger partial charge is 0.481 e. The Morgan fingerprint density at radius 1 is 1.53 bits per heavy atom. The van der Waals surface area contributed by atoms with Crippen molar-refractivity contribution >= 4 is 12.0 Å². The van der Waals surface area contributed by atoms with E-state index in [-0.39, 0.29) is 12.5 Å². The van der Waals surface area contributed by atoms with Crippen molar-refractivity contribution in [2.75, 3.05) is 47.0 Å². The van der Waals surface area contributed by atoms with E-state index in [9.17, 15) is 9.59 Å². The number of urea groups is 1. The molecule has 0 aliphatic carbocycles. The smallest absolute Gasteiger partial charge is 0.319 e. The highest BCUT2D eigenvalue weighted by atomic mass is 16.5. The van der Waals surface area contributed by atoms with E-state index < -0.39 is 12.1 Å². The number of hydrogen-bond acceptors (Lipinski definition) is 4. The predicted octanol–water partition coefficient (Wildman–Crippen LogP) is 0.250. The maximum Gasteiger partial charge on any atom is 0.319 e. The normalized spacial score (nSPS) is 19.3. The lowest BCUT2D eigenvalue weighted by atomic mass is 10.2. The molecule has 7 nitrogen and oxygen atoms in total. The van der Waals surface area contributed by atoms with Crippen LogP contribution in [0.4, 0.5) is 4.79 Å². The Morgan fingerprint density at radius 2 is 2.26 bits per heavy atom. The molecule has 0 spiro atoms. The van der Waals surface area contributed by atoms with E-state index in [2.05, 4.69) is 0 Å². The number of ether oxygens (including phenoxy) is 2. The quantitative estimate of drug-likeness (QED) is 0.702. The molecule has 0 aromatic rings. The van der Waals surface area contributed by atoms with Crippen molar-refractivity contribution in [1.82, 2.24) is 9.80 Å². The van der Waals surface area contributed by atoms with Crippen LogP contribution < -0.4 is 0 Å². The maximum absolute atomic E-state index is 12.1. The molecule has 0 bridgehead atoms. The maximum atomic E-state index is 12.1. The Morgan fingerprint density at radius 3 is 2.89 bits per heavy atom. The van der Waals surface area contributed by atoms with E-state index in [0.29, 0.717) is 32.8 Å². The summed E-state index contributed by atoms with van der Waals surface area (Å²) in [6, 6.07) is -0.0882. The fraction of sp³-hybridized carbons (Fsp3) is 0.833. The number of rotatable bonds is 6. The van der Waals surface area contributed by atoms with Gasteiger partial charge in [-0.3, -0.25) is 4.79 Å². The lowest BCUT2D eigenvalue weighted by Gasteiger charge is -2.34. The third-order valence-corrected chi connectivity index (χ3v) is 2.98. The molecule has 1 fully saturated rings. The van der Waals surface area contributed by atoms with Crippen molar-refractivity contribution in [3.05, 3.63) is 0 Å². The van der Waals surface area contributed by atoms with Crippen LogP contribution in [0.2, 0.25) is 0 Å². The third-order valence-electron chi connectivity index (χ3n) is 2.98. The molecule has 0 radical (unpaired) electrons. The third kappa shape index (κ3) is 5.44. The fourth-order valence-electron chi connectivity index (χ4n) is 1.99. The van der Waals surface area contributed by atoms with Crippen molar-refractivity contribution in [2.24, 2.45) is 0 Å². The molecule has 1 aliphatic rings. The molecular formula is C12H22N2O5. The Balaban J connectivity index is 2.40. The van der Waals surface area contributed by atoms with E-state index in [1.54, 1.807) is 24.0 Å². The van der Waals surface area contributed by atoms with Gasteiger partial charge in [0.1, 0.15) is 0 Å². The topological polar surface area (TPSA) is 79.3 Å². The predicted molar refractivity (Wildman–Crippen MR) is 68.1 cm³/mol. The summed E-state index contributed by atoms with van der Waals surface area (Å²) in [7, 11) is 3.36. The first-order valence-corrected chi connectivity index (χ1v) is 6.37. The number of hydrogen-bond donors (Lipinski definition) is 1. The van der Waals surface area contributed by atoms with Crippen LogP contribution in [-0.2, 0) is 14.3 Å². The van der Waals surface area contributed by atoms with Gasteiger partial charge in [0.15, 0.2) is 0 Å². The Kier molecular flexibility index (Phi) is 6.58. The van der Waals surface area contributed by atoms with Crippen molar-refractivity contribution in [1.29, 1.82) is 0 Å². The van der Waals surface area contributed by atoms with Gasteiger partial charge >= 0.3 is 12.0 Å². The first-order chi connectivity index (χ1) is 9.04. The summed E-state index contributed by atoms with van der Waals surface area (Å²) in [5.41, 5.74) is 0. The first kappa shape index (κ1) is 15.7. The number of nitrogens with zero attached hydrogens (tertiary/aromatic N) is 2. The van der Waals surface area contributed by atoms with Gasteiger partial charge in [-0.15, -0.1) is 0 Å². The van der Waals surface area contributed by atoms with Gasteiger partial charge in [-0.2, -0.15) is 0 Å². The van der Waals surface area contributed by atoms with E-state index >= 15 is 0 Å². The zero-order valence-electron chi connectivity index (χ0n) is 11.5. The van der Waals surface area contributed by atoms with Crippen molar-refractivity contribution in [3.8, 4) is 0 Å². The Hall–Kier alpha value is -1.34. The van der Waals surface area contributed by atoms with Crippen molar-refractivity contribution in [3.63, 3.8) is 0 Å². The molecule has 1 rings (SSSR count). The SMILES string of the molecule is COCCCN(C)C(=O)N1CCOC(CC(=O)O)C1. The molecular weight excluding hydrogens is 252 g/mol. The molecule has 0 aromatic carbocycles. The molecule has 1 atom stereocenters. The number of amides is 2. The molecule has 7 heteroatoms. The number of carbonyl (C=O) groups excluding carboxylic acids is 1. The number of carbonyl (C=O) groups is 2. The number of methoxy groups -OCH3 is 1. The van der Waals surface area contributed by atoms with Gasteiger partial charge in [0.25, 0.3) is 0 Å². The molecule has 0 saturated carbocycles. The van der Waals surface area contributed by atoms with Crippen LogP contribution in [0.3, 0.4) is 0 Å². The summed E-state index contributed by atoms with van der Waals surface area (Å²) >= 11 is 0. The van der Waals surface area contributed by atoms with Gasteiger partial charge in [-0.25, -0.2) is 4.79 Å². The number of carboxylic acids is 1. The zero-order valence-corrected chi connectivity index (χ0v) is 11.5. The summed E-state index contributed by atoms with van der Waals surface area (Å²) < 4.78 is 10.3.